The summed E-state index contributed by atoms with van der Waals surface area (Å²) in [4.78, 5) is 11.6. The third-order valence-electron chi connectivity index (χ3n) is 2.49. The van der Waals surface area contributed by atoms with Crippen LogP contribution in [0.2, 0.25) is 0 Å². The summed E-state index contributed by atoms with van der Waals surface area (Å²) in [5, 5.41) is 2.98. The molecule has 0 rings (SSSR count). The van der Waals surface area contributed by atoms with E-state index in [2.05, 4.69) is 12.2 Å². The molecule has 0 aliphatic carbocycles. The summed E-state index contributed by atoms with van der Waals surface area (Å²) in [5.74, 6) is 0.166. The molecular weight excluding hydrogens is 150 g/mol. The summed E-state index contributed by atoms with van der Waals surface area (Å²) in [6.07, 6.45) is 1.88. The quantitative estimate of drug-likeness (QED) is 0.691. The van der Waals surface area contributed by atoms with E-state index >= 15 is 0 Å². The van der Waals surface area contributed by atoms with E-state index in [0.717, 1.165) is 12.8 Å². The fraction of sp³-hybridized carbons (Fsp3) is 0.900. The third kappa shape index (κ3) is 3.24. The van der Waals surface area contributed by atoms with Crippen LogP contribution in [0.15, 0.2) is 0 Å². The molecular formula is C10H21NO. The number of rotatable bonds is 4. The first-order chi connectivity index (χ1) is 5.44. The summed E-state index contributed by atoms with van der Waals surface area (Å²) in [7, 11) is 0. The summed E-state index contributed by atoms with van der Waals surface area (Å²) in [5.41, 5.74) is -0.219. The van der Waals surface area contributed by atoms with Crippen LogP contribution < -0.4 is 5.32 Å². The maximum Gasteiger partial charge on any atom is 0.225 e. The predicted octanol–water partition coefficient (Wildman–Crippen LogP) is 2.34. The molecule has 0 saturated heterocycles. The highest BCUT2D eigenvalue weighted by molar-refractivity contribution is 5.81. The van der Waals surface area contributed by atoms with Crippen molar-refractivity contribution in [1.29, 1.82) is 0 Å². The maximum absolute atomic E-state index is 11.6. The highest BCUT2D eigenvalue weighted by Crippen LogP contribution is 2.19. The lowest BCUT2D eigenvalue weighted by molar-refractivity contribution is -0.130. The molecule has 0 heterocycles. The van der Waals surface area contributed by atoms with E-state index in [0.29, 0.717) is 6.04 Å². The SMILES string of the molecule is CC[C@@H](C)NC(=O)C(C)(C)CC. The molecule has 0 aliphatic heterocycles. The average molecular weight is 171 g/mol. The first-order valence-corrected chi connectivity index (χ1v) is 4.75. The second-order valence-electron chi connectivity index (χ2n) is 4.02. The zero-order chi connectivity index (χ0) is 9.78. The average Bonchev–Trinajstić information content (AvgIpc) is 2.04. The molecule has 2 heteroatoms. The molecule has 1 atom stereocenters. The molecule has 0 fully saturated rings. The van der Waals surface area contributed by atoms with Crippen molar-refractivity contribution in [3.8, 4) is 0 Å². The van der Waals surface area contributed by atoms with Gasteiger partial charge in [-0.15, -0.1) is 0 Å². The van der Waals surface area contributed by atoms with E-state index in [9.17, 15) is 4.79 Å². The Bertz CT molecular complexity index is 152. The number of hydrogen-bond donors (Lipinski definition) is 1. The molecule has 0 bridgehead atoms. The molecule has 72 valence electrons. The Labute approximate surface area is 75.7 Å². The van der Waals surface area contributed by atoms with Gasteiger partial charge in [0.15, 0.2) is 0 Å². The number of carbonyl (C=O) groups excluding carboxylic acids is 1. The Morgan fingerprint density at radius 3 is 2.25 bits per heavy atom. The Morgan fingerprint density at radius 1 is 1.42 bits per heavy atom. The van der Waals surface area contributed by atoms with Gasteiger partial charge in [0.05, 0.1) is 0 Å². The van der Waals surface area contributed by atoms with E-state index in [4.69, 9.17) is 0 Å². The lowest BCUT2D eigenvalue weighted by Crippen LogP contribution is -2.41. The van der Waals surface area contributed by atoms with Gasteiger partial charge in [0, 0.05) is 11.5 Å². The molecule has 0 unspecified atom stereocenters. The fourth-order valence-corrected chi connectivity index (χ4v) is 0.682. The second kappa shape index (κ2) is 4.48. The molecule has 0 aromatic rings. The van der Waals surface area contributed by atoms with Crippen molar-refractivity contribution in [2.24, 2.45) is 5.41 Å². The topological polar surface area (TPSA) is 29.1 Å². The number of carbonyl (C=O) groups is 1. The Hall–Kier alpha value is -0.530. The van der Waals surface area contributed by atoms with Gasteiger partial charge in [-0.25, -0.2) is 0 Å². The molecule has 0 aromatic heterocycles. The van der Waals surface area contributed by atoms with E-state index < -0.39 is 0 Å². The van der Waals surface area contributed by atoms with Gasteiger partial charge in [-0.05, 0) is 19.8 Å². The van der Waals surface area contributed by atoms with Crippen LogP contribution in [-0.4, -0.2) is 11.9 Å². The van der Waals surface area contributed by atoms with Crippen molar-refractivity contribution in [2.75, 3.05) is 0 Å². The minimum atomic E-state index is -0.219. The number of nitrogens with one attached hydrogen (secondary N) is 1. The van der Waals surface area contributed by atoms with Crippen LogP contribution in [0.5, 0.6) is 0 Å². The van der Waals surface area contributed by atoms with Crippen LogP contribution in [0.1, 0.15) is 47.5 Å². The second-order valence-corrected chi connectivity index (χ2v) is 4.02. The molecule has 2 nitrogen and oxygen atoms in total. The number of amides is 1. The zero-order valence-corrected chi connectivity index (χ0v) is 8.90. The van der Waals surface area contributed by atoms with Gasteiger partial charge in [-0.1, -0.05) is 27.7 Å². The minimum Gasteiger partial charge on any atom is -0.353 e. The van der Waals surface area contributed by atoms with Gasteiger partial charge < -0.3 is 5.32 Å². The van der Waals surface area contributed by atoms with Crippen LogP contribution >= 0.6 is 0 Å². The standard InChI is InChI=1S/C10H21NO/c1-6-8(3)11-9(12)10(4,5)7-2/h8H,6-7H2,1-5H3,(H,11,12)/t8-/m1/s1. The van der Waals surface area contributed by atoms with Crippen molar-refractivity contribution in [3.05, 3.63) is 0 Å². The molecule has 0 radical (unpaired) electrons. The summed E-state index contributed by atoms with van der Waals surface area (Å²) >= 11 is 0. The highest BCUT2D eigenvalue weighted by atomic mass is 16.2. The summed E-state index contributed by atoms with van der Waals surface area (Å²) in [6.45, 7) is 10.1. The predicted molar refractivity (Wildman–Crippen MR) is 52.0 cm³/mol. The van der Waals surface area contributed by atoms with E-state index in [1.54, 1.807) is 0 Å². The van der Waals surface area contributed by atoms with Crippen molar-refractivity contribution < 1.29 is 4.79 Å². The zero-order valence-electron chi connectivity index (χ0n) is 8.90. The van der Waals surface area contributed by atoms with Gasteiger partial charge in [-0.2, -0.15) is 0 Å². The van der Waals surface area contributed by atoms with E-state index in [-0.39, 0.29) is 11.3 Å². The van der Waals surface area contributed by atoms with Crippen molar-refractivity contribution in [2.45, 2.75) is 53.5 Å². The number of hydrogen-bond acceptors (Lipinski definition) is 1. The monoisotopic (exact) mass is 171 g/mol. The molecule has 0 aromatic carbocycles. The van der Waals surface area contributed by atoms with Crippen molar-refractivity contribution in [1.82, 2.24) is 5.32 Å². The fourth-order valence-electron chi connectivity index (χ4n) is 0.682. The Balaban J connectivity index is 4.03. The highest BCUT2D eigenvalue weighted by Gasteiger charge is 2.25. The molecule has 12 heavy (non-hydrogen) atoms. The largest absolute Gasteiger partial charge is 0.353 e. The minimum absolute atomic E-state index is 0.166. The molecule has 1 amide bonds. The van der Waals surface area contributed by atoms with Crippen molar-refractivity contribution >= 4 is 5.91 Å². The van der Waals surface area contributed by atoms with Crippen LogP contribution in [0.25, 0.3) is 0 Å². The van der Waals surface area contributed by atoms with Gasteiger partial charge in [-0.3, -0.25) is 4.79 Å². The Morgan fingerprint density at radius 2 is 1.92 bits per heavy atom. The Kier molecular flexibility index (Phi) is 4.29. The van der Waals surface area contributed by atoms with Crippen LogP contribution in [0, 0.1) is 5.41 Å². The first-order valence-electron chi connectivity index (χ1n) is 4.75. The van der Waals surface area contributed by atoms with Gasteiger partial charge >= 0.3 is 0 Å². The maximum atomic E-state index is 11.6. The first kappa shape index (κ1) is 11.5. The third-order valence-corrected chi connectivity index (χ3v) is 2.49. The smallest absolute Gasteiger partial charge is 0.225 e. The van der Waals surface area contributed by atoms with Crippen LogP contribution in [0.4, 0.5) is 0 Å². The van der Waals surface area contributed by atoms with Crippen LogP contribution in [0.3, 0.4) is 0 Å². The van der Waals surface area contributed by atoms with Gasteiger partial charge in [0.1, 0.15) is 0 Å². The summed E-state index contributed by atoms with van der Waals surface area (Å²) < 4.78 is 0. The molecule has 0 spiro atoms. The van der Waals surface area contributed by atoms with Gasteiger partial charge in [0.2, 0.25) is 5.91 Å². The van der Waals surface area contributed by atoms with Crippen LogP contribution in [-0.2, 0) is 4.79 Å². The molecule has 0 saturated carbocycles. The van der Waals surface area contributed by atoms with Crippen molar-refractivity contribution in [3.63, 3.8) is 0 Å². The van der Waals surface area contributed by atoms with Gasteiger partial charge in [0.25, 0.3) is 0 Å². The lowest BCUT2D eigenvalue weighted by Gasteiger charge is -2.23. The van der Waals surface area contributed by atoms with E-state index in [1.165, 1.54) is 0 Å². The normalized spacial score (nSPS) is 14.1. The van der Waals surface area contributed by atoms with E-state index in [1.807, 2.05) is 27.7 Å². The molecule has 1 N–H and O–H groups in total. The molecule has 0 aliphatic rings. The summed E-state index contributed by atoms with van der Waals surface area (Å²) in [6, 6.07) is 0.295. The lowest BCUT2D eigenvalue weighted by atomic mass is 9.89.